The lowest BCUT2D eigenvalue weighted by molar-refractivity contribution is 0.242. The van der Waals surface area contributed by atoms with Crippen LogP contribution in [0.1, 0.15) is 11.0 Å². The molecule has 0 amide bonds. The van der Waals surface area contributed by atoms with Crippen LogP contribution in [0.15, 0.2) is 17.5 Å². The van der Waals surface area contributed by atoms with Crippen LogP contribution in [-0.2, 0) is 0 Å². The minimum Gasteiger partial charge on any atom is -0.375 e. The van der Waals surface area contributed by atoms with Gasteiger partial charge in [0.1, 0.15) is 6.10 Å². The van der Waals surface area contributed by atoms with E-state index in [2.05, 4.69) is 5.92 Å². The van der Waals surface area contributed by atoms with Gasteiger partial charge in [-0.25, -0.2) is 0 Å². The maximum absolute atomic E-state index is 9.33. The molecule has 12 heavy (non-hydrogen) atoms. The molecule has 0 saturated heterocycles. The van der Waals surface area contributed by atoms with Gasteiger partial charge in [0, 0.05) is 14.3 Å². The summed E-state index contributed by atoms with van der Waals surface area (Å²) >= 11 is 3.22. The number of thiophene rings is 2. The summed E-state index contributed by atoms with van der Waals surface area (Å²) in [5.41, 5.74) is 0. The van der Waals surface area contributed by atoms with Crippen molar-refractivity contribution in [3.8, 4) is 12.3 Å². The van der Waals surface area contributed by atoms with E-state index in [4.69, 9.17) is 6.42 Å². The lowest BCUT2D eigenvalue weighted by Gasteiger charge is -1.95. The largest absolute Gasteiger partial charge is 0.375 e. The Bertz CT molecular complexity index is 404. The average molecular weight is 194 g/mol. The second-order valence-electron chi connectivity index (χ2n) is 2.37. The number of hydrogen-bond acceptors (Lipinski definition) is 3. The highest BCUT2D eigenvalue weighted by atomic mass is 32.1. The van der Waals surface area contributed by atoms with Crippen molar-refractivity contribution in [1.82, 2.24) is 0 Å². The molecule has 2 rings (SSSR count). The van der Waals surface area contributed by atoms with Crippen LogP contribution in [0.2, 0.25) is 0 Å². The van der Waals surface area contributed by atoms with E-state index in [1.807, 2.05) is 17.5 Å². The summed E-state index contributed by atoms with van der Waals surface area (Å²) in [6, 6.07) is 3.99. The highest BCUT2D eigenvalue weighted by Crippen LogP contribution is 2.32. The molecule has 1 nitrogen and oxygen atoms in total. The molecule has 2 heterocycles. The molecule has 3 heteroatoms. The summed E-state index contributed by atoms with van der Waals surface area (Å²) in [7, 11) is 0. The SMILES string of the molecule is C#CC(O)c1cc2sccc2s1. The molecular formula is C9H6OS2. The molecule has 0 aliphatic rings. The Hall–Kier alpha value is -0.820. The van der Waals surface area contributed by atoms with Gasteiger partial charge in [0.2, 0.25) is 0 Å². The van der Waals surface area contributed by atoms with E-state index in [0.29, 0.717) is 0 Å². The normalized spacial score (nSPS) is 13.0. The van der Waals surface area contributed by atoms with Crippen molar-refractivity contribution >= 4 is 32.1 Å². The monoisotopic (exact) mass is 194 g/mol. The van der Waals surface area contributed by atoms with Crippen LogP contribution in [0.3, 0.4) is 0 Å². The lowest BCUT2D eigenvalue weighted by atomic mass is 10.3. The number of rotatable bonds is 1. The number of fused-ring (bicyclic) bond motifs is 1. The highest BCUT2D eigenvalue weighted by Gasteiger charge is 2.08. The van der Waals surface area contributed by atoms with E-state index >= 15 is 0 Å². The van der Waals surface area contributed by atoms with Crippen LogP contribution in [-0.4, -0.2) is 5.11 Å². The fourth-order valence-electron chi connectivity index (χ4n) is 1.00. The summed E-state index contributed by atoms with van der Waals surface area (Å²) in [6.07, 6.45) is 4.36. The van der Waals surface area contributed by atoms with Gasteiger partial charge >= 0.3 is 0 Å². The molecule has 0 fully saturated rings. The maximum atomic E-state index is 9.33. The van der Waals surface area contributed by atoms with E-state index in [1.54, 1.807) is 22.7 Å². The van der Waals surface area contributed by atoms with E-state index in [0.717, 1.165) is 4.88 Å². The molecule has 0 spiro atoms. The van der Waals surface area contributed by atoms with Crippen molar-refractivity contribution in [2.24, 2.45) is 0 Å². The second-order valence-corrected chi connectivity index (χ2v) is 4.43. The van der Waals surface area contributed by atoms with Gasteiger partial charge < -0.3 is 5.11 Å². The summed E-state index contributed by atoms with van der Waals surface area (Å²) in [4.78, 5) is 0.861. The first-order chi connectivity index (χ1) is 5.81. The Morgan fingerprint density at radius 3 is 3.00 bits per heavy atom. The second kappa shape index (κ2) is 2.91. The first kappa shape index (κ1) is 7.81. The molecular weight excluding hydrogens is 188 g/mol. The molecule has 1 atom stereocenters. The summed E-state index contributed by atoms with van der Waals surface area (Å²) in [5, 5.41) is 11.4. The lowest BCUT2D eigenvalue weighted by Crippen LogP contribution is -1.86. The Morgan fingerprint density at radius 2 is 2.33 bits per heavy atom. The Morgan fingerprint density at radius 1 is 1.50 bits per heavy atom. The molecule has 0 radical (unpaired) electrons. The predicted molar refractivity (Wildman–Crippen MR) is 53.5 cm³/mol. The molecule has 0 aromatic carbocycles. The number of aliphatic hydroxyl groups is 1. The zero-order valence-corrected chi connectivity index (χ0v) is 7.78. The zero-order chi connectivity index (χ0) is 8.55. The van der Waals surface area contributed by atoms with Crippen molar-refractivity contribution in [3.05, 3.63) is 22.4 Å². The minimum atomic E-state index is -0.741. The van der Waals surface area contributed by atoms with Gasteiger partial charge in [-0.15, -0.1) is 29.1 Å². The molecule has 1 N–H and O–H groups in total. The molecule has 2 aromatic rings. The summed E-state index contributed by atoms with van der Waals surface area (Å²) in [5.74, 6) is 2.30. The predicted octanol–water partition coefficient (Wildman–Crippen LogP) is 2.63. The van der Waals surface area contributed by atoms with E-state index in [-0.39, 0.29) is 0 Å². The molecule has 0 bridgehead atoms. The first-order valence-corrected chi connectivity index (χ1v) is 5.12. The van der Waals surface area contributed by atoms with E-state index in [9.17, 15) is 5.11 Å². The van der Waals surface area contributed by atoms with Crippen molar-refractivity contribution in [2.45, 2.75) is 6.10 Å². The van der Waals surface area contributed by atoms with Crippen LogP contribution in [0.25, 0.3) is 9.40 Å². The first-order valence-electron chi connectivity index (χ1n) is 3.42. The van der Waals surface area contributed by atoms with E-state index < -0.39 is 6.10 Å². The Balaban J connectivity index is 2.52. The van der Waals surface area contributed by atoms with Crippen molar-refractivity contribution < 1.29 is 5.11 Å². The highest BCUT2D eigenvalue weighted by molar-refractivity contribution is 7.26. The quantitative estimate of drug-likeness (QED) is 0.692. The van der Waals surface area contributed by atoms with Crippen molar-refractivity contribution in [3.63, 3.8) is 0 Å². The van der Waals surface area contributed by atoms with Crippen molar-refractivity contribution in [1.29, 1.82) is 0 Å². The van der Waals surface area contributed by atoms with Gasteiger partial charge in [0.15, 0.2) is 0 Å². The maximum Gasteiger partial charge on any atom is 0.149 e. The Labute approximate surface area is 78.3 Å². The van der Waals surface area contributed by atoms with Crippen LogP contribution in [0.4, 0.5) is 0 Å². The topological polar surface area (TPSA) is 20.2 Å². The van der Waals surface area contributed by atoms with Gasteiger partial charge in [-0.1, -0.05) is 5.92 Å². The molecule has 0 aliphatic carbocycles. The number of terminal acetylenes is 1. The van der Waals surface area contributed by atoms with Crippen LogP contribution in [0, 0.1) is 12.3 Å². The molecule has 0 aliphatic heterocycles. The summed E-state index contributed by atoms with van der Waals surface area (Å²) < 4.78 is 2.40. The number of hydrogen-bond donors (Lipinski definition) is 1. The third kappa shape index (κ3) is 1.14. The average Bonchev–Trinajstić information content (AvgIpc) is 2.60. The molecule has 0 saturated carbocycles. The van der Waals surface area contributed by atoms with Crippen LogP contribution in [0.5, 0.6) is 0 Å². The van der Waals surface area contributed by atoms with Gasteiger partial charge in [0.05, 0.1) is 0 Å². The van der Waals surface area contributed by atoms with Crippen LogP contribution < -0.4 is 0 Å². The van der Waals surface area contributed by atoms with Crippen molar-refractivity contribution in [2.75, 3.05) is 0 Å². The van der Waals surface area contributed by atoms with Gasteiger partial charge in [-0.05, 0) is 17.5 Å². The summed E-state index contributed by atoms with van der Waals surface area (Å²) in [6.45, 7) is 0. The smallest absolute Gasteiger partial charge is 0.149 e. The molecule has 2 aromatic heterocycles. The number of aliphatic hydroxyl groups excluding tert-OH is 1. The van der Waals surface area contributed by atoms with Gasteiger partial charge in [-0.2, -0.15) is 0 Å². The van der Waals surface area contributed by atoms with E-state index in [1.165, 1.54) is 9.40 Å². The Kier molecular flexibility index (Phi) is 1.89. The van der Waals surface area contributed by atoms with Gasteiger partial charge in [-0.3, -0.25) is 0 Å². The fourth-order valence-corrected chi connectivity index (χ4v) is 3.07. The fraction of sp³-hybridized carbons (Fsp3) is 0.111. The standard InChI is InChI=1S/C9H6OS2/c1-2-6(10)8-5-9-7(12-8)3-4-11-9/h1,3-6,10H. The van der Waals surface area contributed by atoms with Crippen LogP contribution >= 0.6 is 22.7 Å². The molecule has 60 valence electrons. The third-order valence-electron chi connectivity index (χ3n) is 1.59. The zero-order valence-electron chi connectivity index (χ0n) is 6.15. The molecule has 1 unspecified atom stereocenters. The van der Waals surface area contributed by atoms with Gasteiger partial charge in [0.25, 0.3) is 0 Å². The minimum absolute atomic E-state index is 0.741. The third-order valence-corrected chi connectivity index (χ3v) is 3.73.